The molecular formula is C18H23ClN4O2. The molecule has 2 aromatic heterocycles. The van der Waals surface area contributed by atoms with E-state index in [4.69, 9.17) is 9.47 Å². The zero-order valence-electron chi connectivity index (χ0n) is 14.5. The summed E-state index contributed by atoms with van der Waals surface area (Å²) in [7, 11) is 1.65. The average molecular weight is 363 g/mol. The van der Waals surface area contributed by atoms with Gasteiger partial charge in [-0.2, -0.15) is 5.10 Å². The third kappa shape index (κ3) is 4.76. The molecule has 1 aromatic carbocycles. The minimum Gasteiger partial charge on any atom is -0.497 e. The highest BCUT2D eigenvalue weighted by atomic mass is 35.5. The highest BCUT2D eigenvalue weighted by molar-refractivity contribution is 5.85. The number of halogens is 1. The number of benzene rings is 1. The molecule has 0 fully saturated rings. The van der Waals surface area contributed by atoms with E-state index in [1.54, 1.807) is 7.11 Å². The Balaban J connectivity index is 0.00000225. The number of rotatable bonds is 8. The fraction of sp³-hybridized carbons (Fsp3) is 0.333. The molecule has 0 saturated carbocycles. The predicted molar refractivity (Wildman–Crippen MR) is 99.5 cm³/mol. The Morgan fingerprint density at radius 3 is 2.76 bits per heavy atom. The van der Waals surface area contributed by atoms with Gasteiger partial charge in [-0.3, -0.25) is 4.68 Å². The second-order valence-electron chi connectivity index (χ2n) is 5.44. The maximum Gasteiger partial charge on any atom is 0.122 e. The second kappa shape index (κ2) is 9.13. The molecule has 3 rings (SSSR count). The smallest absolute Gasteiger partial charge is 0.122 e. The molecule has 0 amide bonds. The monoisotopic (exact) mass is 362 g/mol. The summed E-state index contributed by atoms with van der Waals surface area (Å²) in [5.74, 6) is 1.63. The summed E-state index contributed by atoms with van der Waals surface area (Å²) < 4.78 is 15.0. The van der Waals surface area contributed by atoms with Gasteiger partial charge in [0.25, 0.3) is 0 Å². The molecule has 0 radical (unpaired) electrons. The molecule has 7 heteroatoms. The van der Waals surface area contributed by atoms with Gasteiger partial charge in [0.2, 0.25) is 0 Å². The fourth-order valence-electron chi connectivity index (χ4n) is 2.52. The van der Waals surface area contributed by atoms with Crippen LogP contribution in [-0.4, -0.2) is 33.0 Å². The molecule has 3 aromatic rings. The first kappa shape index (κ1) is 18.9. The minimum absolute atomic E-state index is 0. The number of hydrogen-bond acceptors (Lipinski definition) is 4. The number of aromatic nitrogens is 4. The Morgan fingerprint density at radius 1 is 1.16 bits per heavy atom. The van der Waals surface area contributed by atoms with Gasteiger partial charge in [-0.1, -0.05) is 6.07 Å². The highest BCUT2D eigenvalue weighted by Gasteiger charge is 2.07. The molecule has 0 unspecified atom stereocenters. The van der Waals surface area contributed by atoms with Crippen LogP contribution >= 0.6 is 12.4 Å². The molecule has 6 nitrogen and oxygen atoms in total. The van der Waals surface area contributed by atoms with Crippen LogP contribution in [-0.2, 0) is 13.1 Å². The lowest BCUT2D eigenvalue weighted by atomic mass is 10.2. The van der Waals surface area contributed by atoms with Crippen molar-refractivity contribution in [2.24, 2.45) is 0 Å². The van der Waals surface area contributed by atoms with Crippen LogP contribution in [0.5, 0.6) is 11.5 Å². The Bertz CT molecular complexity index is 785. The van der Waals surface area contributed by atoms with Gasteiger partial charge in [0.1, 0.15) is 11.5 Å². The first-order valence-corrected chi connectivity index (χ1v) is 8.10. The van der Waals surface area contributed by atoms with Crippen LogP contribution in [0.3, 0.4) is 0 Å². The van der Waals surface area contributed by atoms with Crippen molar-refractivity contribution in [3.63, 3.8) is 0 Å². The van der Waals surface area contributed by atoms with Crippen LogP contribution in [0.4, 0.5) is 0 Å². The zero-order chi connectivity index (χ0) is 16.8. The van der Waals surface area contributed by atoms with Crippen molar-refractivity contribution in [2.75, 3.05) is 13.7 Å². The summed E-state index contributed by atoms with van der Waals surface area (Å²) in [6, 6.07) is 7.65. The van der Waals surface area contributed by atoms with Gasteiger partial charge in [-0.25, -0.2) is 4.98 Å². The van der Waals surface area contributed by atoms with Crippen molar-refractivity contribution >= 4 is 12.4 Å². The molecule has 0 atom stereocenters. The topological polar surface area (TPSA) is 54.1 Å². The molecular weight excluding hydrogens is 340 g/mol. The summed E-state index contributed by atoms with van der Waals surface area (Å²) in [5.41, 5.74) is 2.17. The highest BCUT2D eigenvalue weighted by Crippen LogP contribution is 2.20. The van der Waals surface area contributed by atoms with Crippen LogP contribution in [0.2, 0.25) is 0 Å². The Morgan fingerprint density at radius 2 is 2.00 bits per heavy atom. The van der Waals surface area contributed by atoms with Crippen molar-refractivity contribution in [1.29, 1.82) is 0 Å². The molecule has 0 N–H and O–H groups in total. The van der Waals surface area contributed by atoms with Gasteiger partial charge in [-0.05, 0) is 25.5 Å². The van der Waals surface area contributed by atoms with E-state index in [0.29, 0.717) is 6.61 Å². The number of imidazole rings is 1. The van der Waals surface area contributed by atoms with E-state index in [1.807, 2.05) is 53.9 Å². The molecule has 0 aliphatic rings. The third-order valence-corrected chi connectivity index (χ3v) is 3.82. The van der Waals surface area contributed by atoms with E-state index in [1.165, 1.54) is 0 Å². The van der Waals surface area contributed by atoms with E-state index >= 15 is 0 Å². The van der Waals surface area contributed by atoms with E-state index in [0.717, 1.165) is 42.3 Å². The van der Waals surface area contributed by atoms with Crippen LogP contribution in [0.1, 0.15) is 13.3 Å². The summed E-state index contributed by atoms with van der Waals surface area (Å²) in [4.78, 5) is 4.26. The largest absolute Gasteiger partial charge is 0.497 e. The Kier molecular flexibility index (Phi) is 6.89. The maximum atomic E-state index is 5.78. The van der Waals surface area contributed by atoms with Crippen LogP contribution in [0.15, 0.2) is 49.2 Å². The fourth-order valence-corrected chi connectivity index (χ4v) is 2.52. The van der Waals surface area contributed by atoms with Crippen molar-refractivity contribution in [3.8, 4) is 22.8 Å². The first-order chi connectivity index (χ1) is 11.8. The van der Waals surface area contributed by atoms with Gasteiger partial charge >= 0.3 is 0 Å². The lowest BCUT2D eigenvalue weighted by molar-refractivity contribution is 0.300. The number of ether oxygens (including phenoxy) is 2. The summed E-state index contributed by atoms with van der Waals surface area (Å²) in [5, 5.41) is 4.32. The van der Waals surface area contributed by atoms with Gasteiger partial charge in [0, 0.05) is 30.9 Å². The molecule has 0 saturated heterocycles. The van der Waals surface area contributed by atoms with Crippen molar-refractivity contribution in [1.82, 2.24) is 19.3 Å². The first-order valence-electron chi connectivity index (χ1n) is 8.10. The SMILES string of the molecule is CCn1cc(-c2cncn2CCCOc2cccc(OC)c2)cn1.Cl. The molecule has 0 aliphatic heterocycles. The van der Waals surface area contributed by atoms with Gasteiger partial charge in [-0.15, -0.1) is 12.4 Å². The molecule has 0 spiro atoms. The molecule has 134 valence electrons. The van der Waals surface area contributed by atoms with Crippen LogP contribution in [0, 0.1) is 0 Å². The summed E-state index contributed by atoms with van der Waals surface area (Å²) >= 11 is 0. The van der Waals surface area contributed by atoms with Crippen molar-refractivity contribution in [3.05, 3.63) is 49.2 Å². The van der Waals surface area contributed by atoms with Gasteiger partial charge < -0.3 is 14.0 Å². The van der Waals surface area contributed by atoms with Crippen molar-refractivity contribution < 1.29 is 9.47 Å². The second-order valence-corrected chi connectivity index (χ2v) is 5.44. The molecule has 0 bridgehead atoms. The quantitative estimate of drug-likeness (QED) is 0.574. The average Bonchev–Trinajstić information content (AvgIpc) is 3.27. The van der Waals surface area contributed by atoms with Crippen LogP contribution < -0.4 is 9.47 Å². The van der Waals surface area contributed by atoms with E-state index in [-0.39, 0.29) is 12.4 Å². The van der Waals surface area contributed by atoms with Crippen molar-refractivity contribution in [2.45, 2.75) is 26.4 Å². The number of hydrogen-bond donors (Lipinski definition) is 0. The standard InChI is InChI=1S/C18H22N4O2.ClH/c1-3-22-13-15(11-20-22)18-12-19-14-21(18)8-5-9-24-17-7-4-6-16(10-17)23-2;/h4,6-7,10-14H,3,5,8-9H2,1-2H3;1H. The summed E-state index contributed by atoms with van der Waals surface area (Å²) in [6.45, 7) is 4.42. The van der Waals surface area contributed by atoms with Gasteiger partial charge in [0.05, 0.1) is 38.1 Å². The minimum atomic E-state index is 0. The summed E-state index contributed by atoms with van der Waals surface area (Å²) in [6.07, 6.45) is 8.54. The van der Waals surface area contributed by atoms with E-state index in [9.17, 15) is 0 Å². The lowest BCUT2D eigenvalue weighted by Gasteiger charge is -2.09. The van der Waals surface area contributed by atoms with Gasteiger partial charge in [0.15, 0.2) is 0 Å². The van der Waals surface area contributed by atoms with Crippen LogP contribution in [0.25, 0.3) is 11.3 Å². The molecule has 0 aliphatic carbocycles. The Labute approximate surface area is 153 Å². The number of nitrogens with zero attached hydrogens (tertiary/aromatic N) is 4. The lowest BCUT2D eigenvalue weighted by Crippen LogP contribution is -2.05. The number of methoxy groups -OCH3 is 1. The number of aryl methyl sites for hydroxylation is 2. The Hall–Kier alpha value is -2.47. The molecule has 2 heterocycles. The third-order valence-electron chi connectivity index (χ3n) is 3.82. The maximum absolute atomic E-state index is 5.78. The van der Waals surface area contributed by atoms with E-state index in [2.05, 4.69) is 21.6 Å². The van der Waals surface area contributed by atoms with E-state index < -0.39 is 0 Å². The zero-order valence-corrected chi connectivity index (χ0v) is 15.3. The molecule has 25 heavy (non-hydrogen) atoms. The normalized spacial score (nSPS) is 10.3. The predicted octanol–water partition coefficient (Wildman–Crippen LogP) is 3.67.